The summed E-state index contributed by atoms with van der Waals surface area (Å²) in [4.78, 5) is 28.4. The molecule has 0 radical (unpaired) electrons. The summed E-state index contributed by atoms with van der Waals surface area (Å²) in [6.45, 7) is 3.43. The van der Waals surface area contributed by atoms with Crippen molar-refractivity contribution in [3.63, 3.8) is 0 Å². The highest BCUT2D eigenvalue weighted by Gasteiger charge is 2.20. The third-order valence-corrected chi connectivity index (χ3v) is 4.74. The molecule has 2 aromatic carbocycles. The summed E-state index contributed by atoms with van der Waals surface area (Å²) < 4.78 is 0. The lowest BCUT2D eigenvalue weighted by atomic mass is 10.2. The summed E-state index contributed by atoms with van der Waals surface area (Å²) >= 11 is 0. The van der Waals surface area contributed by atoms with Crippen LogP contribution in [0.4, 0.5) is 5.69 Å². The van der Waals surface area contributed by atoms with Gasteiger partial charge in [-0.1, -0.05) is 18.2 Å². The highest BCUT2D eigenvalue weighted by Crippen LogP contribution is 2.20. The van der Waals surface area contributed by atoms with Gasteiger partial charge in [0.2, 0.25) is 5.91 Å². The van der Waals surface area contributed by atoms with Crippen molar-refractivity contribution >= 4 is 17.5 Å². The van der Waals surface area contributed by atoms with E-state index in [-0.39, 0.29) is 17.6 Å². The fourth-order valence-electron chi connectivity index (χ4n) is 3.17. The summed E-state index contributed by atoms with van der Waals surface area (Å²) in [5, 5.41) is 12.2. The van der Waals surface area contributed by atoms with E-state index < -0.39 is 0 Å². The van der Waals surface area contributed by atoms with Crippen LogP contribution in [0.5, 0.6) is 5.75 Å². The number of aromatic hydroxyl groups is 1. The van der Waals surface area contributed by atoms with Crippen LogP contribution in [0.2, 0.25) is 0 Å². The molecule has 6 nitrogen and oxygen atoms in total. The average Bonchev–Trinajstić information content (AvgIpc) is 2.72. The number of rotatable bonds is 6. The van der Waals surface area contributed by atoms with Crippen molar-refractivity contribution in [2.24, 2.45) is 0 Å². The summed E-state index contributed by atoms with van der Waals surface area (Å²) in [5.41, 5.74) is 1.69. The minimum atomic E-state index is -0.106. The Bertz CT molecular complexity index is 754. The molecule has 1 heterocycles. The molecule has 0 unspecified atom stereocenters. The fraction of sp³-hybridized carbons (Fsp3) is 0.333. The predicted octanol–water partition coefficient (Wildman–Crippen LogP) is 2.25. The molecule has 1 aliphatic rings. The second-order valence-electron chi connectivity index (χ2n) is 6.61. The van der Waals surface area contributed by atoms with Crippen molar-refractivity contribution in [1.29, 1.82) is 0 Å². The molecule has 2 amide bonds. The number of amides is 2. The van der Waals surface area contributed by atoms with Gasteiger partial charge in [0.1, 0.15) is 5.75 Å². The molecule has 0 saturated carbocycles. The molecule has 0 bridgehead atoms. The largest absolute Gasteiger partial charge is 0.508 e. The van der Waals surface area contributed by atoms with E-state index >= 15 is 0 Å². The Labute approximate surface area is 159 Å². The molecule has 3 rings (SSSR count). The number of carbonyl (C=O) groups is 2. The summed E-state index contributed by atoms with van der Waals surface area (Å²) in [6, 6.07) is 16.2. The van der Waals surface area contributed by atoms with Crippen molar-refractivity contribution in [3.05, 3.63) is 60.2 Å². The molecule has 6 heteroatoms. The van der Waals surface area contributed by atoms with Gasteiger partial charge >= 0.3 is 0 Å². The zero-order chi connectivity index (χ0) is 19.1. The average molecular weight is 367 g/mol. The first-order valence-corrected chi connectivity index (χ1v) is 9.28. The Hall–Kier alpha value is -3.02. The van der Waals surface area contributed by atoms with Crippen LogP contribution < -0.4 is 10.2 Å². The van der Waals surface area contributed by atoms with Crippen LogP contribution in [0.25, 0.3) is 0 Å². The first kappa shape index (κ1) is 18.8. The maximum absolute atomic E-state index is 12.4. The van der Waals surface area contributed by atoms with Gasteiger partial charge < -0.3 is 20.2 Å². The summed E-state index contributed by atoms with van der Waals surface area (Å²) in [5.74, 6) is 0.284. The minimum Gasteiger partial charge on any atom is -0.508 e. The standard InChI is InChI=1S/C21H25N3O3/c25-19-10-8-18(9-11-19)23-13-15-24(16-14-23)20(26)7-4-12-22-21(27)17-5-2-1-3-6-17/h1-3,5-6,8-11,25H,4,7,12-16H2,(H,22,27). The van der Waals surface area contributed by atoms with Crippen LogP contribution in [-0.2, 0) is 4.79 Å². The van der Waals surface area contributed by atoms with Crippen molar-refractivity contribution in [1.82, 2.24) is 10.2 Å². The number of benzene rings is 2. The molecule has 1 fully saturated rings. The van der Waals surface area contributed by atoms with Gasteiger partial charge in [-0.3, -0.25) is 9.59 Å². The van der Waals surface area contributed by atoms with E-state index in [4.69, 9.17) is 0 Å². The van der Waals surface area contributed by atoms with Gasteiger partial charge in [0.05, 0.1) is 0 Å². The fourth-order valence-corrected chi connectivity index (χ4v) is 3.17. The Balaban J connectivity index is 1.36. The summed E-state index contributed by atoms with van der Waals surface area (Å²) in [7, 11) is 0. The number of phenols is 1. The number of nitrogens with one attached hydrogen (secondary N) is 1. The lowest BCUT2D eigenvalue weighted by molar-refractivity contribution is -0.131. The topological polar surface area (TPSA) is 72.9 Å². The Kier molecular flexibility index (Phi) is 6.30. The molecular formula is C21H25N3O3. The van der Waals surface area contributed by atoms with E-state index in [0.717, 1.165) is 18.8 Å². The quantitative estimate of drug-likeness (QED) is 0.768. The van der Waals surface area contributed by atoms with Crippen LogP contribution in [0.1, 0.15) is 23.2 Å². The normalized spacial score (nSPS) is 14.1. The van der Waals surface area contributed by atoms with Crippen LogP contribution in [0.15, 0.2) is 54.6 Å². The molecule has 1 saturated heterocycles. The molecular weight excluding hydrogens is 342 g/mol. The third-order valence-electron chi connectivity index (χ3n) is 4.74. The highest BCUT2D eigenvalue weighted by molar-refractivity contribution is 5.94. The van der Waals surface area contributed by atoms with Crippen molar-refractivity contribution in [3.8, 4) is 5.75 Å². The van der Waals surface area contributed by atoms with Crippen LogP contribution in [0.3, 0.4) is 0 Å². The maximum atomic E-state index is 12.4. The maximum Gasteiger partial charge on any atom is 0.251 e. The lowest BCUT2D eigenvalue weighted by Gasteiger charge is -2.36. The van der Waals surface area contributed by atoms with Gasteiger partial charge in [-0.25, -0.2) is 0 Å². The highest BCUT2D eigenvalue weighted by atomic mass is 16.3. The van der Waals surface area contributed by atoms with Gasteiger partial charge in [-0.05, 0) is 42.8 Å². The minimum absolute atomic E-state index is 0.106. The smallest absolute Gasteiger partial charge is 0.251 e. The number of nitrogens with zero attached hydrogens (tertiary/aromatic N) is 2. The van der Waals surface area contributed by atoms with E-state index in [2.05, 4.69) is 10.2 Å². The zero-order valence-corrected chi connectivity index (χ0v) is 15.3. The van der Waals surface area contributed by atoms with Gasteiger partial charge in [0, 0.05) is 50.4 Å². The lowest BCUT2D eigenvalue weighted by Crippen LogP contribution is -2.48. The van der Waals surface area contributed by atoms with Crippen LogP contribution >= 0.6 is 0 Å². The van der Waals surface area contributed by atoms with Gasteiger partial charge in [0.25, 0.3) is 5.91 Å². The van der Waals surface area contributed by atoms with E-state index in [1.165, 1.54) is 0 Å². The molecule has 2 N–H and O–H groups in total. The number of carbonyl (C=O) groups excluding carboxylic acids is 2. The molecule has 142 valence electrons. The monoisotopic (exact) mass is 367 g/mol. The number of phenolic OH excluding ortho intramolecular Hbond substituents is 1. The molecule has 0 atom stereocenters. The van der Waals surface area contributed by atoms with Crippen molar-refractivity contribution in [2.75, 3.05) is 37.6 Å². The van der Waals surface area contributed by atoms with Gasteiger partial charge in [-0.15, -0.1) is 0 Å². The first-order valence-electron chi connectivity index (χ1n) is 9.28. The summed E-state index contributed by atoms with van der Waals surface area (Å²) in [6.07, 6.45) is 1.07. The molecule has 0 aromatic heterocycles. The van der Waals surface area contributed by atoms with E-state index in [9.17, 15) is 14.7 Å². The van der Waals surface area contributed by atoms with Crippen LogP contribution in [0, 0.1) is 0 Å². The molecule has 1 aliphatic heterocycles. The van der Waals surface area contributed by atoms with Gasteiger partial charge in [-0.2, -0.15) is 0 Å². The van der Waals surface area contributed by atoms with E-state index in [0.29, 0.717) is 38.0 Å². The Morgan fingerprint density at radius 1 is 0.926 bits per heavy atom. The van der Waals surface area contributed by atoms with Crippen LogP contribution in [-0.4, -0.2) is 54.5 Å². The van der Waals surface area contributed by atoms with Gasteiger partial charge in [0.15, 0.2) is 0 Å². The molecule has 0 aliphatic carbocycles. The third kappa shape index (κ3) is 5.23. The molecule has 27 heavy (non-hydrogen) atoms. The Morgan fingerprint density at radius 3 is 2.26 bits per heavy atom. The van der Waals surface area contributed by atoms with E-state index in [1.54, 1.807) is 24.3 Å². The number of hydrogen-bond acceptors (Lipinski definition) is 4. The first-order chi connectivity index (χ1) is 13.1. The van der Waals surface area contributed by atoms with E-state index in [1.807, 2.05) is 35.2 Å². The zero-order valence-electron chi connectivity index (χ0n) is 15.3. The molecule has 2 aromatic rings. The molecule has 0 spiro atoms. The second-order valence-corrected chi connectivity index (χ2v) is 6.61. The number of hydrogen-bond donors (Lipinski definition) is 2. The number of anilines is 1. The number of piperazine rings is 1. The SMILES string of the molecule is O=C(NCCCC(=O)N1CCN(c2ccc(O)cc2)CC1)c1ccccc1. The van der Waals surface area contributed by atoms with Crippen molar-refractivity contribution < 1.29 is 14.7 Å². The predicted molar refractivity (Wildman–Crippen MR) is 105 cm³/mol. The Morgan fingerprint density at radius 2 is 1.59 bits per heavy atom. The van der Waals surface area contributed by atoms with Crippen molar-refractivity contribution in [2.45, 2.75) is 12.8 Å². The second kappa shape index (κ2) is 9.07.